The van der Waals surface area contributed by atoms with E-state index in [1.165, 1.54) is 12.8 Å². The number of ether oxygens (including phenoxy) is 1. The number of hydrogen-bond acceptors (Lipinski definition) is 4. The van der Waals surface area contributed by atoms with Gasteiger partial charge in [-0.05, 0) is 58.4 Å². The molecule has 20 heavy (non-hydrogen) atoms. The van der Waals surface area contributed by atoms with Crippen LogP contribution < -0.4 is 5.73 Å². The summed E-state index contributed by atoms with van der Waals surface area (Å²) in [7, 11) is 1.73. The van der Waals surface area contributed by atoms with E-state index in [1.807, 2.05) is 0 Å². The van der Waals surface area contributed by atoms with E-state index < -0.39 is 11.5 Å². The molecule has 0 aromatic rings. The zero-order chi connectivity index (χ0) is 15.2. The fraction of sp³-hybridized carbons (Fsp3) is 0.933. The first-order valence-electron chi connectivity index (χ1n) is 7.63. The molecule has 1 saturated carbocycles. The Bertz CT molecular complexity index is 303. The van der Waals surface area contributed by atoms with Crippen molar-refractivity contribution < 1.29 is 14.6 Å². The van der Waals surface area contributed by atoms with E-state index in [2.05, 4.69) is 11.8 Å². The molecule has 0 aliphatic heterocycles. The molecule has 0 bridgehead atoms. The molecule has 118 valence electrons. The van der Waals surface area contributed by atoms with Crippen molar-refractivity contribution in [2.45, 2.75) is 57.5 Å². The molecule has 1 aliphatic carbocycles. The van der Waals surface area contributed by atoms with Gasteiger partial charge in [-0.15, -0.1) is 0 Å². The molecule has 3 N–H and O–H groups in total. The molecule has 0 aromatic heterocycles. The molecule has 1 fully saturated rings. The maximum atomic E-state index is 10.9. The average molecular weight is 286 g/mol. The van der Waals surface area contributed by atoms with E-state index in [9.17, 15) is 4.79 Å². The van der Waals surface area contributed by atoms with Gasteiger partial charge < -0.3 is 15.6 Å². The molecule has 5 nitrogen and oxygen atoms in total. The van der Waals surface area contributed by atoms with Crippen LogP contribution in [0.15, 0.2) is 0 Å². The summed E-state index contributed by atoms with van der Waals surface area (Å²) >= 11 is 0. The van der Waals surface area contributed by atoms with Crippen molar-refractivity contribution in [1.82, 2.24) is 4.90 Å². The van der Waals surface area contributed by atoms with Gasteiger partial charge in [0.25, 0.3) is 0 Å². The van der Waals surface area contributed by atoms with Gasteiger partial charge in [-0.3, -0.25) is 9.69 Å². The molecule has 0 heterocycles. The minimum absolute atomic E-state index is 0.526. The van der Waals surface area contributed by atoms with Gasteiger partial charge in [0.1, 0.15) is 5.54 Å². The van der Waals surface area contributed by atoms with Gasteiger partial charge >= 0.3 is 5.97 Å². The van der Waals surface area contributed by atoms with Gasteiger partial charge in [0.2, 0.25) is 0 Å². The second-order valence-electron chi connectivity index (χ2n) is 6.29. The number of unbranched alkanes of at least 4 members (excludes halogenated alkanes) is 1. The summed E-state index contributed by atoms with van der Waals surface area (Å²) in [6.07, 6.45) is 5.04. The lowest BCUT2D eigenvalue weighted by Gasteiger charge is -2.29. The number of carboxylic acids is 1. The Labute approximate surface area is 122 Å². The Morgan fingerprint density at radius 2 is 2.10 bits per heavy atom. The fourth-order valence-electron chi connectivity index (χ4n) is 2.52. The van der Waals surface area contributed by atoms with E-state index in [-0.39, 0.29) is 0 Å². The molecule has 1 rings (SSSR count). The first-order valence-corrected chi connectivity index (χ1v) is 7.63. The predicted molar refractivity (Wildman–Crippen MR) is 79.7 cm³/mol. The molecule has 0 radical (unpaired) electrons. The molecular formula is C15H30N2O3. The minimum Gasteiger partial charge on any atom is -0.480 e. The Morgan fingerprint density at radius 1 is 1.45 bits per heavy atom. The van der Waals surface area contributed by atoms with E-state index in [4.69, 9.17) is 15.6 Å². The Kier molecular flexibility index (Phi) is 6.92. The zero-order valence-corrected chi connectivity index (χ0v) is 13.1. The maximum absolute atomic E-state index is 10.9. The van der Waals surface area contributed by atoms with Gasteiger partial charge in [0.15, 0.2) is 0 Å². The molecule has 0 amide bonds. The van der Waals surface area contributed by atoms with Crippen molar-refractivity contribution in [3.63, 3.8) is 0 Å². The van der Waals surface area contributed by atoms with Gasteiger partial charge in [-0.1, -0.05) is 0 Å². The van der Waals surface area contributed by atoms with Crippen molar-refractivity contribution in [2.75, 3.05) is 26.8 Å². The lowest BCUT2D eigenvalue weighted by atomic mass is 9.96. The maximum Gasteiger partial charge on any atom is 0.323 e. The number of rotatable bonds is 11. The summed E-state index contributed by atoms with van der Waals surface area (Å²) in [5.41, 5.74) is 4.64. The molecule has 0 aromatic carbocycles. The molecule has 2 atom stereocenters. The first-order chi connectivity index (χ1) is 9.38. The van der Waals surface area contributed by atoms with Crippen LogP contribution in [-0.4, -0.2) is 54.4 Å². The third-order valence-electron chi connectivity index (χ3n) is 4.34. The van der Waals surface area contributed by atoms with Crippen LogP contribution in [0, 0.1) is 5.92 Å². The second kappa shape index (κ2) is 7.96. The molecule has 5 heteroatoms. The second-order valence-corrected chi connectivity index (χ2v) is 6.29. The number of carboxylic acid groups (broad SMARTS) is 1. The van der Waals surface area contributed by atoms with Gasteiger partial charge in [-0.2, -0.15) is 0 Å². The molecule has 1 aliphatic rings. The van der Waals surface area contributed by atoms with E-state index in [1.54, 1.807) is 14.0 Å². The van der Waals surface area contributed by atoms with Crippen molar-refractivity contribution in [3.8, 4) is 0 Å². The summed E-state index contributed by atoms with van der Waals surface area (Å²) in [6.45, 7) is 6.58. The summed E-state index contributed by atoms with van der Waals surface area (Å²) in [5, 5.41) is 8.98. The van der Waals surface area contributed by atoms with Gasteiger partial charge in [0.05, 0.1) is 6.61 Å². The summed E-state index contributed by atoms with van der Waals surface area (Å²) in [6, 6.07) is 0.605. The van der Waals surface area contributed by atoms with Crippen LogP contribution in [-0.2, 0) is 9.53 Å². The Balaban J connectivity index is 2.29. The van der Waals surface area contributed by atoms with E-state index in [0.717, 1.165) is 38.5 Å². The van der Waals surface area contributed by atoms with Crippen LogP contribution in [0.3, 0.4) is 0 Å². The first kappa shape index (κ1) is 17.4. The van der Waals surface area contributed by atoms with Crippen molar-refractivity contribution in [1.29, 1.82) is 0 Å². The van der Waals surface area contributed by atoms with Crippen LogP contribution in [0.2, 0.25) is 0 Å². The highest BCUT2D eigenvalue weighted by atomic mass is 16.5. The lowest BCUT2D eigenvalue weighted by Crippen LogP contribution is -2.45. The quantitative estimate of drug-likeness (QED) is 0.565. The lowest BCUT2D eigenvalue weighted by molar-refractivity contribution is -0.142. The number of carbonyl (C=O) groups is 1. The standard InChI is InChI=1S/C15H30N2O3/c1-12(13-6-7-13)17(10-11-20-3)9-5-4-8-15(2,16)14(18)19/h12-13H,4-11,16H2,1-3H3,(H,18,19). The summed E-state index contributed by atoms with van der Waals surface area (Å²) in [4.78, 5) is 13.4. The predicted octanol–water partition coefficient (Wildman–Crippen LogP) is 1.71. The zero-order valence-electron chi connectivity index (χ0n) is 13.1. The number of hydrogen-bond donors (Lipinski definition) is 2. The van der Waals surface area contributed by atoms with Gasteiger partial charge in [-0.25, -0.2) is 0 Å². The number of nitrogens with zero attached hydrogens (tertiary/aromatic N) is 1. The molecule has 0 saturated heterocycles. The van der Waals surface area contributed by atoms with Crippen LogP contribution in [0.25, 0.3) is 0 Å². The third-order valence-corrected chi connectivity index (χ3v) is 4.34. The Morgan fingerprint density at radius 3 is 2.60 bits per heavy atom. The minimum atomic E-state index is -1.10. The monoisotopic (exact) mass is 286 g/mol. The van der Waals surface area contributed by atoms with Crippen LogP contribution in [0.1, 0.15) is 46.0 Å². The smallest absolute Gasteiger partial charge is 0.323 e. The third kappa shape index (κ3) is 5.77. The molecule has 0 spiro atoms. The largest absolute Gasteiger partial charge is 0.480 e. The SMILES string of the molecule is COCCN(CCCCC(C)(N)C(=O)O)C(C)C1CC1. The number of nitrogens with two attached hydrogens (primary N) is 1. The van der Waals surface area contributed by atoms with Crippen LogP contribution in [0.4, 0.5) is 0 Å². The summed E-state index contributed by atoms with van der Waals surface area (Å²) < 4.78 is 5.18. The summed E-state index contributed by atoms with van der Waals surface area (Å²) in [5.74, 6) is -0.0780. The number of methoxy groups -OCH3 is 1. The fourth-order valence-corrected chi connectivity index (χ4v) is 2.52. The van der Waals surface area contributed by atoms with E-state index >= 15 is 0 Å². The van der Waals surface area contributed by atoms with Crippen LogP contribution in [0.5, 0.6) is 0 Å². The Hall–Kier alpha value is -0.650. The van der Waals surface area contributed by atoms with Crippen molar-refractivity contribution in [2.24, 2.45) is 11.7 Å². The van der Waals surface area contributed by atoms with Crippen molar-refractivity contribution >= 4 is 5.97 Å². The van der Waals surface area contributed by atoms with Crippen LogP contribution >= 0.6 is 0 Å². The topological polar surface area (TPSA) is 75.8 Å². The highest BCUT2D eigenvalue weighted by molar-refractivity contribution is 5.77. The van der Waals surface area contributed by atoms with Crippen molar-refractivity contribution in [3.05, 3.63) is 0 Å². The number of aliphatic carboxylic acids is 1. The molecular weight excluding hydrogens is 256 g/mol. The average Bonchev–Trinajstić information content (AvgIpc) is 3.21. The van der Waals surface area contributed by atoms with Gasteiger partial charge in [0, 0.05) is 19.7 Å². The normalized spacial score (nSPS) is 19.9. The van der Waals surface area contributed by atoms with E-state index in [0.29, 0.717) is 12.5 Å². The molecule has 2 unspecified atom stereocenters. The highest BCUT2D eigenvalue weighted by Gasteiger charge is 2.32. The highest BCUT2D eigenvalue weighted by Crippen LogP contribution is 2.35.